The van der Waals surface area contributed by atoms with E-state index in [-0.39, 0.29) is 11.9 Å². The molecule has 1 amide bonds. The van der Waals surface area contributed by atoms with Gasteiger partial charge in [-0.05, 0) is 18.0 Å². The lowest BCUT2D eigenvalue weighted by Crippen LogP contribution is -2.54. The number of rotatable bonds is 4. The van der Waals surface area contributed by atoms with E-state index >= 15 is 0 Å². The molecule has 8 heteroatoms. The minimum absolute atomic E-state index is 0.0121. The van der Waals surface area contributed by atoms with Gasteiger partial charge < -0.3 is 10.6 Å². The first-order chi connectivity index (χ1) is 9.13. The Morgan fingerprint density at radius 1 is 1.53 bits per heavy atom. The number of aromatic nitrogens is 2. The van der Waals surface area contributed by atoms with Crippen LogP contribution in [0.2, 0.25) is 0 Å². The molecule has 2 heterocycles. The summed E-state index contributed by atoms with van der Waals surface area (Å²) in [7, 11) is 0. The third-order valence-corrected chi connectivity index (χ3v) is 4.25. The third kappa shape index (κ3) is 3.26. The lowest BCUT2D eigenvalue weighted by molar-refractivity contribution is 0.0616. The van der Waals surface area contributed by atoms with Crippen LogP contribution in [0.25, 0.3) is 0 Å². The highest BCUT2D eigenvalue weighted by atomic mass is 32.1. The smallest absolute Gasteiger partial charge is 0.267 e. The van der Waals surface area contributed by atoms with Gasteiger partial charge in [0.05, 0.1) is 17.2 Å². The Bertz CT molecular complexity index is 442. The molecule has 6 nitrogen and oxygen atoms in total. The maximum absolute atomic E-state index is 12.1. The minimum Gasteiger partial charge on any atom is -0.392 e. The van der Waals surface area contributed by atoms with E-state index in [1.54, 1.807) is 0 Å². The molecule has 0 aliphatic carbocycles. The van der Waals surface area contributed by atoms with Crippen molar-refractivity contribution in [1.82, 2.24) is 19.4 Å². The average Bonchev–Trinajstić information content (AvgIpc) is 2.93. The zero-order chi connectivity index (χ0) is 13.8. The van der Waals surface area contributed by atoms with Crippen LogP contribution in [-0.4, -0.2) is 62.5 Å². The van der Waals surface area contributed by atoms with E-state index in [0.717, 1.165) is 31.0 Å². The van der Waals surface area contributed by atoms with Crippen LogP contribution >= 0.6 is 23.8 Å². The van der Waals surface area contributed by atoms with Crippen molar-refractivity contribution in [3.63, 3.8) is 0 Å². The Hall–Kier alpha value is -1.12. The van der Waals surface area contributed by atoms with Crippen LogP contribution in [0.1, 0.15) is 23.0 Å². The first-order valence-electron chi connectivity index (χ1n) is 6.23. The van der Waals surface area contributed by atoms with Crippen LogP contribution in [-0.2, 0) is 0 Å². The molecule has 104 valence electrons. The highest BCUT2D eigenvalue weighted by Crippen LogP contribution is 2.13. The summed E-state index contributed by atoms with van der Waals surface area (Å²) in [5.41, 5.74) is 5.74. The second-order valence-corrected chi connectivity index (χ2v) is 5.69. The van der Waals surface area contributed by atoms with Crippen LogP contribution in [0, 0.1) is 0 Å². The SMILES string of the molecule is CCC(C(N)=S)N1CCN(C(=O)c2cnns2)CC1. The molecule has 19 heavy (non-hydrogen) atoms. The number of amides is 1. The van der Waals surface area contributed by atoms with Crippen LogP contribution < -0.4 is 5.73 Å². The first kappa shape index (κ1) is 14.3. The summed E-state index contributed by atoms with van der Waals surface area (Å²) in [6.45, 7) is 5.05. The molecule has 0 bridgehead atoms. The highest BCUT2D eigenvalue weighted by molar-refractivity contribution is 7.80. The third-order valence-electron chi connectivity index (χ3n) is 3.33. The van der Waals surface area contributed by atoms with Crippen molar-refractivity contribution in [3.05, 3.63) is 11.1 Å². The molecule has 1 aromatic heterocycles. The molecule has 1 aliphatic rings. The van der Waals surface area contributed by atoms with Gasteiger partial charge in [-0.25, -0.2) is 0 Å². The fourth-order valence-corrected chi connectivity index (χ4v) is 3.09. The van der Waals surface area contributed by atoms with Gasteiger partial charge in [-0.15, -0.1) is 5.10 Å². The molecular weight excluding hydrogens is 282 g/mol. The molecule has 1 unspecified atom stereocenters. The van der Waals surface area contributed by atoms with Crippen molar-refractivity contribution in [2.24, 2.45) is 5.73 Å². The van der Waals surface area contributed by atoms with E-state index in [2.05, 4.69) is 21.4 Å². The number of piperazine rings is 1. The van der Waals surface area contributed by atoms with Crippen molar-refractivity contribution >= 4 is 34.6 Å². The summed E-state index contributed by atoms with van der Waals surface area (Å²) in [6, 6.07) is 0.136. The van der Waals surface area contributed by atoms with Crippen LogP contribution in [0.3, 0.4) is 0 Å². The lowest BCUT2D eigenvalue weighted by atomic mass is 10.1. The second kappa shape index (κ2) is 6.36. The molecule has 1 saturated heterocycles. The molecule has 2 rings (SSSR count). The summed E-state index contributed by atoms with van der Waals surface area (Å²) >= 11 is 6.22. The van der Waals surface area contributed by atoms with Gasteiger partial charge in [0.15, 0.2) is 0 Å². The summed E-state index contributed by atoms with van der Waals surface area (Å²) in [6.07, 6.45) is 2.42. The van der Waals surface area contributed by atoms with Crippen LogP contribution in [0.15, 0.2) is 6.20 Å². The number of hydrogen-bond acceptors (Lipinski definition) is 6. The van der Waals surface area contributed by atoms with Crippen molar-refractivity contribution in [1.29, 1.82) is 0 Å². The van der Waals surface area contributed by atoms with Crippen molar-refractivity contribution in [3.8, 4) is 0 Å². The molecule has 1 atom stereocenters. The fourth-order valence-electron chi connectivity index (χ4n) is 2.29. The molecule has 1 aromatic rings. The Kier molecular flexibility index (Phi) is 4.78. The largest absolute Gasteiger partial charge is 0.392 e. The van der Waals surface area contributed by atoms with E-state index < -0.39 is 0 Å². The Labute approximate surface area is 121 Å². The number of nitrogens with zero attached hydrogens (tertiary/aromatic N) is 4. The van der Waals surface area contributed by atoms with E-state index in [0.29, 0.717) is 23.0 Å². The monoisotopic (exact) mass is 299 g/mol. The van der Waals surface area contributed by atoms with Gasteiger partial charge in [0.1, 0.15) is 4.88 Å². The number of nitrogens with two attached hydrogens (primary N) is 1. The van der Waals surface area contributed by atoms with E-state index in [1.165, 1.54) is 6.20 Å². The lowest BCUT2D eigenvalue weighted by Gasteiger charge is -2.38. The highest BCUT2D eigenvalue weighted by Gasteiger charge is 2.27. The molecule has 2 N–H and O–H groups in total. The summed E-state index contributed by atoms with van der Waals surface area (Å²) in [5, 5.41) is 3.69. The molecule has 0 saturated carbocycles. The van der Waals surface area contributed by atoms with Gasteiger partial charge in [-0.1, -0.05) is 23.6 Å². The quantitative estimate of drug-likeness (QED) is 0.809. The maximum Gasteiger partial charge on any atom is 0.267 e. The fraction of sp³-hybridized carbons (Fsp3) is 0.636. The summed E-state index contributed by atoms with van der Waals surface area (Å²) in [4.78, 5) is 17.3. The number of thiocarbonyl (C=S) groups is 1. The van der Waals surface area contributed by atoms with E-state index in [9.17, 15) is 4.79 Å². The van der Waals surface area contributed by atoms with Gasteiger partial charge in [0.25, 0.3) is 5.91 Å². The Morgan fingerprint density at radius 2 is 2.21 bits per heavy atom. The predicted octanol–water partition coefficient (Wildman–Crippen LogP) is 0.361. The Morgan fingerprint density at radius 3 is 2.68 bits per heavy atom. The summed E-state index contributed by atoms with van der Waals surface area (Å²) < 4.78 is 3.72. The molecule has 0 spiro atoms. The first-order valence-corrected chi connectivity index (χ1v) is 7.41. The second-order valence-electron chi connectivity index (χ2n) is 4.44. The van der Waals surface area contributed by atoms with E-state index in [1.807, 2.05) is 4.90 Å². The van der Waals surface area contributed by atoms with Gasteiger partial charge in [0.2, 0.25) is 0 Å². The van der Waals surface area contributed by atoms with Crippen molar-refractivity contribution in [2.75, 3.05) is 26.2 Å². The predicted molar refractivity (Wildman–Crippen MR) is 78.2 cm³/mol. The topological polar surface area (TPSA) is 75.3 Å². The number of carbonyl (C=O) groups excluding carboxylic acids is 1. The van der Waals surface area contributed by atoms with Gasteiger partial charge in [-0.2, -0.15) is 0 Å². The number of carbonyl (C=O) groups is 1. The van der Waals surface area contributed by atoms with Gasteiger partial charge in [0, 0.05) is 26.2 Å². The van der Waals surface area contributed by atoms with Crippen LogP contribution in [0.5, 0.6) is 0 Å². The zero-order valence-corrected chi connectivity index (χ0v) is 12.4. The Balaban J connectivity index is 1.92. The molecule has 0 aromatic carbocycles. The number of hydrogen-bond donors (Lipinski definition) is 1. The minimum atomic E-state index is 0.0121. The normalized spacial score (nSPS) is 18.3. The molecule has 1 aliphatic heterocycles. The zero-order valence-electron chi connectivity index (χ0n) is 10.8. The molecular formula is C11H17N5OS2. The standard InChI is InChI=1S/C11H17N5OS2/c1-2-8(10(12)18)15-3-5-16(6-4-15)11(17)9-7-13-14-19-9/h7-8H,2-6H2,1H3,(H2,12,18). The molecule has 1 fully saturated rings. The average molecular weight is 299 g/mol. The van der Waals surface area contributed by atoms with Gasteiger partial charge in [-0.3, -0.25) is 9.69 Å². The van der Waals surface area contributed by atoms with Crippen LogP contribution in [0.4, 0.5) is 0 Å². The summed E-state index contributed by atoms with van der Waals surface area (Å²) in [5.74, 6) is 0.0121. The van der Waals surface area contributed by atoms with Crippen molar-refractivity contribution in [2.45, 2.75) is 19.4 Å². The molecule has 0 radical (unpaired) electrons. The van der Waals surface area contributed by atoms with Crippen molar-refractivity contribution < 1.29 is 4.79 Å². The van der Waals surface area contributed by atoms with E-state index in [4.69, 9.17) is 18.0 Å². The maximum atomic E-state index is 12.1. The van der Waals surface area contributed by atoms with Gasteiger partial charge >= 0.3 is 0 Å².